The molecule has 1 aromatic heterocycles. The van der Waals surface area contributed by atoms with E-state index in [0.29, 0.717) is 11.8 Å². The summed E-state index contributed by atoms with van der Waals surface area (Å²) in [5.41, 5.74) is 4.07. The first-order valence-electron chi connectivity index (χ1n) is 8.90. The fourth-order valence-corrected chi connectivity index (χ4v) is 4.46. The van der Waals surface area contributed by atoms with E-state index in [9.17, 15) is 4.79 Å². The molecular weight excluding hydrogens is 334 g/mol. The molecule has 0 spiro atoms. The summed E-state index contributed by atoms with van der Waals surface area (Å²) >= 11 is 0. The zero-order valence-electron chi connectivity index (χ0n) is 14.9. The predicted octanol–water partition coefficient (Wildman–Crippen LogP) is -1.88. The second kappa shape index (κ2) is 7.22. The van der Waals surface area contributed by atoms with Gasteiger partial charge in [-0.25, -0.2) is 0 Å². The van der Waals surface area contributed by atoms with E-state index in [0.717, 1.165) is 19.6 Å². The molecule has 1 N–H and O–H groups in total. The highest BCUT2D eigenvalue weighted by Gasteiger charge is 2.36. The van der Waals surface area contributed by atoms with E-state index < -0.39 is 0 Å². The Bertz CT molecular complexity index is 784. The number of rotatable bonds is 3. The molecule has 2 aliphatic rings. The van der Waals surface area contributed by atoms with E-state index in [1.165, 1.54) is 29.9 Å². The average molecular weight is 360 g/mol. The third-order valence-electron chi connectivity index (χ3n) is 5.58. The smallest absolute Gasteiger partial charge is 0.250 e. The molecule has 1 aromatic carbocycles. The van der Waals surface area contributed by atoms with Gasteiger partial charge in [0.25, 0.3) is 5.56 Å². The van der Waals surface area contributed by atoms with Crippen molar-refractivity contribution >= 4 is 5.69 Å². The van der Waals surface area contributed by atoms with Gasteiger partial charge in [0.15, 0.2) is 0 Å². The van der Waals surface area contributed by atoms with Gasteiger partial charge in [-0.05, 0) is 24.6 Å². The van der Waals surface area contributed by atoms with E-state index in [1.807, 2.05) is 10.6 Å². The molecule has 25 heavy (non-hydrogen) atoms. The van der Waals surface area contributed by atoms with Crippen molar-refractivity contribution in [2.75, 3.05) is 32.1 Å². The summed E-state index contributed by atoms with van der Waals surface area (Å²) in [7, 11) is 4.15. The van der Waals surface area contributed by atoms with Gasteiger partial charge in [0.1, 0.15) is 6.54 Å². The Morgan fingerprint density at radius 1 is 1.12 bits per heavy atom. The first-order valence-corrected chi connectivity index (χ1v) is 8.90. The number of piperidine rings is 1. The van der Waals surface area contributed by atoms with Gasteiger partial charge in [-0.3, -0.25) is 4.79 Å². The van der Waals surface area contributed by atoms with E-state index in [-0.39, 0.29) is 18.0 Å². The summed E-state index contributed by atoms with van der Waals surface area (Å²) in [5.74, 6) is 1.16. The van der Waals surface area contributed by atoms with Crippen LogP contribution in [0.2, 0.25) is 0 Å². The summed E-state index contributed by atoms with van der Waals surface area (Å²) in [6.45, 7) is 4.29. The van der Waals surface area contributed by atoms with Crippen LogP contribution in [-0.2, 0) is 13.1 Å². The number of likely N-dealkylation sites (tertiary alicyclic amines) is 1. The lowest BCUT2D eigenvalue weighted by Crippen LogP contribution is -3.13. The molecule has 2 bridgehead atoms. The van der Waals surface area contributed by atoms with E-state index in [2.05, 4.69) is 49.3 Å². The molecule has 4 rings (SSSR count). The van der Waals surface area contributed by atoms with Crippen LogP contribution in [0.15, 0.2) is 47.3 Å². The van der Waals surface area contributed by atoms with Crippen molar-refractivity contribution in [1.82, 2.24) is 4.57 Å². The number of benzene rings is 1. The molecule has 134 valence electrons. The van der Waals surface area contributed by atoms with Crippen LogP contribution in [0.3, 0.4) is 0 Å². The maximum absolute atomic E-state index is 12.1. The fraction of sp³-hybridized carbons (Fsp3) is 0.450. The first-order chi connectivity index (χ1) is 11.6. The molecule has 4 nitrogen and oxygen atoms in total. The lowest BCUT2D eigenvalue weighted by molar-refractivity contribution is -0.924. The van der Waals surface area contributed by atoms with E-state index in [1.54, 1.807) is 11.0 Å². The predicted molar refractivity (Wildman–Crippen MR) is 96.7 cm³/mol. The maximum atomic E-state index is 12.1. The van der Waals surface area contributed by atoms with Crippen LogP contribution in [0.4, 0.5) is 5.69 Å². The summed E-state index contributed by atoms with van der Waals surface area (Å²) in [5, 5.41) is 0. The van der Waals surface area contributed by atoms with E-state index >= 15 is 0 Å². The molecule has 0 saturated carbocycles. The van der Waals surface area contributed by atoms with Crippen molar-refractivity contribution in [2.45, 2.75) is 25.4 Å². The minimum absolute atomic E-state index is 0. The zero-order valence-corrected chi connectivity index (χ0v) is 15.7. The summed E-state index contributed by atoms with van der Waals surface area (Å²) in [4.78, 5) is 15.9. The topological polar surface area (TPSA) is 29.7 Å². The number of nitrogens with zero attached hydrogens (tertiary/aromatic N) is 2. The van der Waals surface area contributed by atoms with Crippen molar-refractivity contribution in [1.29, 1.82) is 0 Å². The Kier molecular flexibility index (Phi) is 5.21. The van der Waals surface area contributed by atoms with Crippen LogP contribution in [0.5, 0.6) is 0 Å². The van der Waals surface area contributed by atoms with Crippen molar-refractivity contribution in [3.05, 3.63) is 64.1 Å². The summed E-state index contributed by atoms with van der Waals surface area (Å²) in [6.07, 6.45) is 1.24. The lowest BCUT2D eigenvalue weighted by atomic mass is 9.83. The molecule has 2 aromatic rings. The summed E-state index contributed by atoms with van der Waals surface area (Å²) in [6, 6.07) is 14.7. The van der Waals surface area contributed by atoms with Crippen LogP contribution in [-0.4, -0.2) is 31.8 Å². The Balaban J connectivity index is 0.00000182. The van der Waals surface area contributed by atoms with Crippen molar-refractivity contribution in [3.8, 4) is 0 Å². The minimum Gasteiger partial charge on any atom is -1.00 e. The number of quaternary nitrogens is 1. The molecule has 5 heteroatoms. The van der Waals surface area contributed by atoms with Gasteiger partial charge >= 0.3 is 0 Å². The van der Waals surface area contributed by atoms with Crippen molar-refractivity contribution in [3.63, 3.8) is 0 Å². The quantitative estimate of drug-likeness (QED) is 0.695. The fourth-order valence-electron chi connectivity index (χ4n) is 4.46. The number of halogens is 1. The molecule has 3 heterocycles. The molecule has 3 atom stereocenters. The number of pyridine rings is 1. The number of fused-ring (bicyclic) bond motifs is 4. The monoisotopic (exact) mass is 359 g/mol. The largest absolute Gasteiger partial charge is 1.00 e. The molecule has 1 fully saturated rings. The summed E-state index contributed by atoms with van der Waals surface area (Å²) < 4.78 is 2.02. The number of anilines is 1. The van der Waals surface area contributed by atoms with Gasteiger partial charge in [-0.2, -0.15) is 0 Å². The van der Waals surface area contributed by atoms with Crippen molar-refractivity contribution in [2.24, 2.45) is 5.92 Å². The minimum atomic E-state index is 0. The zero-order chi connectivity index (χ0) is 16.7. The molecule has 0 radical (unpaired) electrons. The number of hydrogen-bond donors (Lipinski definition) is 1. The van der Waals surface area contributed by atoms with Gasteiger partial charge in [-0.15, -0.1) is 0 Å². The van der Waals surface area contributed by atoms with Crippen LogP contribution >= 0.6 is 0 Å². The normalized spacial score (nSPS) is 24.2. The third kappa shape index (κ3) is 3.60. The number of hydrogen-bond acceptors (Lipinski definition) is 2. The SMILES string of the molecule is CN(C)c1ccc(C[NH+]2CC3CC(C2)c2cccc(=O)n2C3)cc1.[Cl-]. The molecule has 1 saturated heterocycles. The molecule has 0 amide bonds. The van der Waals surface area contributed by atoms with Gasteiger partial charge in [0.2, 0.25) is 0 Å². The molecule has 3 unspecified atom stereocenters. The second-order valence-electron chi connectivity index (χ2n) is 7.59. The van der Waals surface area contributed by atoms with Gasteiger partial charge < -0.3 is 26.8 Å². The first kappa shape index (κ1) is 18.0. The lowest BCUT2D eigenvalue weighted by Gasteiger charge is -2.40. The highest BCUT2D eigenvalue weighted by Crippen LogP contribution is 2.30. The maximum Gasteiger partial charge on any atom is 0.250 e. The van der Waals surface area contributed by atoms with Gasteiger partial charge in [-0.1, -0.05) is 18.2 Å². The van der Waals surface area contributed by atoms with E-state index in [4.69, 9.17) is 0 Å². The highest BCUT2D eigenvalue weighted by atomic mass is 35.5. The van der Waals surface area contributed by atoms with Crippen LogP contribution < -0.4 is 27.8 Å². The van der Waals surface area contributed by atoms with Crippen LogP contribution in [0, 0.1) is 5.92 Å². The average Bonchev–Trinajstić information content (AvgIpc) is 2.56. The number of nitrogens with one attached hydrogen (secondary N) is 1. The Morgan fingerprint density at radius 3 is 2.60 bits per heavy atom. The van der Waals surface area contributed by atoms with Crippen LogP contribution in [0.1, 0.15) is 23.6 Å². The molecule has 2 aliphatic heterocycles. The van der Waals surface area contributed by atoms with Crippen molar-refractivity contribution < 1.29 is 17.3 Å². The van der Waals surface area contributed by atoms with Gasteiger partial charge in [0, 0.05) is 55.5 Å². The second-order valence-corrected chi connectivity index (χ2v) is 7.59. The Morgan fingerprint density at radius 2 is 1.88 bits per heavy atom. The Hall–Kier alpha value is -1.78. The van der Waals surface area contributed by atoms with Gasteiger partial charge in [0.05, 0.1) is 13.1 Å². The third-order valence-corrected chi connectivity index (χ3v) is 5.58. The standard InChI is InChI=1S/C20H25N3O.ClH/c1-21(2)18-8-6-15(7-9-18)11-22-12-16-10-17(14-22)19-4-3-5-20(24)23(19)13-16;/h3-9,16-17H,10-14H2,1-2H3;1H. The van der Waals surface area contributed by atoms with Crippen LogP contribution in [0.25, 0.3) is 0 Å². The molecular formula is C20H26ClN3O. The Labute approximate surface area is 155 Å². The highest BCUT2D eigenvalue weighted by molar-refractivity contribution is 5.45. The number of aromatic nitrogens is 1. The molecule has 0 aliphatic carbocycles.